The van der Waals surface area contributed by atoms with Gasteiger partial charge in [0, 0.05) is 38.8 Å². The minimum Gasteiger partial charge on any atom is -0.231 e. The quantitative estimate of drug-likeness (QED) is 0.166. The average molecular weight is 704 g/mol. The molecule has 10 rings (SSSR count). The van der Waals surface area contributed by atoms with E-state index in [0.717, 1.165) is 77.7 Å². The lowest BCUT2D eigenvalue weighted by atomic mass is 9.94. The summed E-state index contributed by atoms with van der Waals surface area (Å²) in [6.07, 6.45) is 0. The zero-order valence-electron chi connectivity index (χ0n) is 29.8. The van der Waals surface area contributed by atoms with Crippen molar-refractivity contribution in [2.75, 3.05) is 0 Å². The maximum absolute atomic E-state index is 5.40. The molecule has 5 nitrogen and oxygen atoms in total. The summed E-state index contributed by atoms with van der Waals surface area (Å²) in [6, 6.07) is 69.3. The zero-order chi connectivity index (χ0) is 36.6. The number of fused-ring (bicyclic) bond motifs is 3. The minimum atomic E-state index is 0.625. The van der Waals surface area contributed by atoms with Crippen LogP contribution in [0.5, 0.6) is 0 Å². The normalized spacial score (nSPS) is 11.3. The SMILES string of the molecule is c1ccc(-c2nc(-c3ccccc3)nc(-c3cccc(-c4ccc5cc(-c6ccccc6)n6nc(-c7ccccc7)c(-c7ccccc7)c6c5c4)c3)n2)cc1. The van der Waals surface area contributed by atoms with Gasteiger partial charge in [-0.05, 0) is 40.3 Å². The summed E-state index contributed by atoms with van der Waals surface area (Å²) in [5.41, 5.74) is 12.4. The van der Waals surface area contributed by atoms with E-state index in [1.165, 1.54) is 0 Å². The number of pyridine rings is 1. The molecule has 0 amide bonds. The predicted molar refractivity (Wildman–Crippen MR) is 224 cm³/mol. The molecule has 3 heterocycles. The van der Waals surface area contributed by atoms with E-state index >= 15 is 0 Å². The lowest BCUT2D eigenvalue weighted by molar-refractivity contribution is 0.979. The third kappa shape index (κ3) is 6.04. The lowest BCUT2D eigenvalue weighted by Gasteiger charge is -2.13. The van der Waals surface area contributed by atoms with Gasteiger partial charge in [0.15, 0.2) is 17.5 Å². The molecule has 7 aromatic carbocycles. The molecule has 10 aromatic rings. The Balaban J connectivity index is 1.19. The summed E-state index contributed by atoms with van der Waals surface area (Å²) in [5, 5.41) is 7.66. The van der Waals surface area contributed by atoms with Crippen LogP contribution in [0.3, 0.4) is 0 Å². The summed E-state index contributed by atoms with van der Waals surface area (Å²) < 4.78 is 2.14. The van der Waals surface area contributed by atoms with Crippen molar-refractivity contribution >= 4 is 16.3 Å². The second-order valence-corrected chi connectivity index (χ2v) is 13.5. The molecule has 0 saturated heterocycles. The first-order valence-corrected chi connectivity index (χ1v) is 18.4. The topological polar surface area (TPSA) is 56.0 Å². The molecule has 0 unspecified atom stereocenters. The molecule has 0 aliphatic carbocycles. The third-order valence-corrected chi connectivity index (χ3v) is 10.0. The highest BCUT2D eigenvalue weighted by molar-refractivity contribution is 6.09. The Morgan fingerprint density at radius 3 is 1.36 bits per heavy atom. The Bertz CT molecular complexity index is 2890. The molecule has 0 radical (unpaired) electrons. The summed E-state index contributed by atoms with van der Waals surface area (Å²) in [7, 11) is 0. The van der Waals surface area contributed by atoms with Crippen LogP contribution in [-0.4, -0.2) is 24.6 Å². The molecule has 55 heavy (non-hydrogen) atoms. The van der Waals surface area contributed by atoms with E-state index in [9.17, 15) is 0 Å². The molecular weight excluding hydrogens is 671 g/mol. The fourth-order valence-corrected chi connectivity index (χ4v) is 7.38. The molecule has 0 fully saturated rings. The van der Waals surface area contributed by atoms with E-state index < -0.39 is 0 Å². The van der Waals surface area contributed by atoms with E-state index in [1.807, 2.05) is 60.7 Å². The molecule has 0 saturated carbocycles. The molecule has 5 heteroatoms. The number of hydrogen-bond donors (Lipinski definition) is 0. The van der Waals surface area contributed by atoms with Gasteiger partial charge in [-0.25, -0.2) is 19.5 Å². The molecule has 0 aliphatic heterocycles. The van der Waals surface area contributed by atoms with Gasteiger partial charge >= 0.3 is 0 Å². The van der Waals surface area contributed by atoms with E-state index in [1.54, 1.807) is 0 Å². The van der Waals surface area contributed by atoms with Gasteiger partial charge < -0.3 is 0 Å². The Morgan fingerprint density at radius 2 is 0.782 bits per heavy atom. The first kappa shape index (κ1) is 32.2. The summed E-state index contributed by atoms with van der Waals surface area (Å²) in [6.45, 7) is 0. The second-order valence-electron chi connectivity index (χ2n) is 13.5. The Hall–Kier alpha value is -7.50. The Kier molecular flexibility index (Phi) is 8.08. The van der Waals surface area contributed by atoms with Crippen molar-refractivity contribution in [2.24, 2.45) is 0 Å². The van der Waals surface area contributed by atoms with Gasteiger partial charge in [0.25, 0.3) is 0 Å². The number of benzene rings is 7. The van der Waals surface area contributed by atoms with Crippen molar-refractivity contribution in [3.05, 3.63) is 200 Å². The van der Waals surface area contributed by atoms with Crippen molar-refractivity contribution in [3.8, 4) is 78.9 Å². The molecule has 0 N–H and O–H groups in total. The molecule has 0 spiro atoms. The van der Waals surface area contributed by atoms with Crippen LogP contribution in [0.2, 0.25) is 0 Å². The molecule has 0 aliphatic rings. The van der Waals surface area contributed by atoms with E-state index in [0.29, 0.717) is 17.5 Å². The number of hydrogen-bond acceptors (Lipinski definition) is 4. The first-order chi connectivity index (χ1) is 27.3. The van der Waals surface area contributed by atoms with Crippen LogP contribution in [0, 0.1) is 0 Å². The van der Waals surface area contributed by atoms with Gasteiger partial charge in [0.1, 0.15) is 5.69 Å². The van der Waals surface area contributed by atoms with E-state index in [2.05, 4.69) is 144 Å². The monoisotopic (exact) mass is 703 g/mol. The third-order valence-electron chi connectivity index (χ3n) is 10.0. The van der Waals surface area contributed by atoms with Gasteiger partial charge in [-0.2, -0.15) is 5.10 Å². The van der Waals surface area contributed by atoms with Gasteiger partial charge in [0.05, 0.1) is 11.2 Å². The zero-order valence-corrected chi connectivity index (χ0v) is 29.8. The second kappa shape index (κ2) is 13.8. The highest BCUT2D eigenvalue weighted by atomic mass is 15.2. The van der Waals surface area contributed by atoms with Crippen molar-refractivity contribution in [3.63, 3.8) is 0 Å². The smallest absolute Gasteiger partial charge is 0.164 e. The predicted octanol–water partition coefficient (Wildman–Crippen LogP) is 12.3. The van der Waals surface area contributed by atoms with Crippen molar-refractivity contribution < 1.29 is 0 Å². The Labute approximate surface area is 318 Å². The van der Waals surface area contributed by atoms with Gasteiger partial charge in [0.2, 0.25) is 0 Å². The van der Waals surface area contributed by atoms with Crippen molar-refractivity contribution in [1.29, 1.82) is 0 Å². The summed E-state index contributed by atoms with van der Waals surface area (Å²) >= 11 is 0. The molecular formula is C50H33N5. The van der Waals surface area contributed by atoms with Gasteiger partial charge in [-0.1, -0.05) is 182 Å². The first-order valence-electron chi connectivity index (χ1n) is 18.4. The largest absolute Gasteiger partial charge is 0.231 e. The molecule has 3 aromatic heterocycles. The standard InChI is InChI=1S/C50H33N5/c1-6-17-34(18-7-1)44-33-41-30-29-40(32-43(41)47-45(35-19-8-2-9-20-35)46(54-55(44)47)36-21-10-3-11-22-36)39-27-16-28-42(31-39)50-52-48(37-23-12-4-13-24-37)51-49(53-50)38-25-14-5-15-26-38/h1-33H. The van der Waals surface area contributed by atoms with Crippen LogP contribution >= 0.6 is 0 Å². The Morgan fingerprint density at radius 1 is 0.327 bits per heavy atom. The van der Waals surface area contributed by atoms with Gasteiger partial charge in [-0.3, -0.25) is 0 Å². The number of nitrogens with zero attached hydrogens (tertiary/aromatic N) is 5. The van der Waals surface area contributed by atoms with Crippen molar-refractivity contribution in [1.82, 2.24) is 24.6 Å². The lowest BCUT2D eigenvalue weighted by Crippen LogP contribution is -2.00. The van der Waals surface area contributed by atoms with Crippen LogP contribution in [0.15, 0.2) is 200 Å². The highest BCUT2D eigenvalue weighted by Crippen LogP contribution is 2.42. The number of aromatic nitrogens is 5. The molecule has 0 bridgehead atoms. The van der Waals surface area contributed by atoms with Crippen LogP contribution in [-0.2, 0) is 0 Å². The minimum absolute atomic E-state index is 0.625. The maximum Gasteiger partial charge on any atom is 0.164 e. The van der Waals surface area contributed by atoms with E-state index in [4.69, 9.17) is 20.1 Å². The fourth-order valence-electron chi connectivity index (χ4n) is 7.38. The highest BCUT2D eigenvalue weighted by Gasteiger charge is 2.22. The van der Waals surface area contributed by atoms with Crippen LogP contribution < -0.4 is 0 Å². The number of rotatable bonds is 7. The van der Waals surface area contributed by atoms with Crippen LogP contribution in [0.1, 0.15) is 0 Å². The van der Waals surface area contributed by atoms with Crippen molar-refractivity contribution in [2.45, 2.75) is 0 Å². The van der Waals surface area contributed by atoms with Gasteiger partial charge in [-0.15, -0.1) is 0 Å². The molecule has 0 atom stereocenters. The maximum atomic E-state index is 5.40. The summed E-state index contributed by atoms with van der Waals surface area (Å²) in [5.74, 6) is 1.90. The summed E-state index contributed by atoms with van der Waals surface area (Å²) in [4.78, 5) is 14.9. The van der Waals surface area contributed by atoms with E-state index in [-0.39, 0.29) is 0 Å². The molecule has 258 valence electrons. The average Bonchev–Trinajstić information content (AvgIpc) is 3.69. The van der Waals surface area contributed by atoms with Crippen LogP contribution in [0.25, 0.3) is 95.2 Å². The van der Waals surface area contributed by atoms with Crippen LogP contribution in [0.4, 0.5) is 0 Å². The fraction of sp³-hybridized carbons (Fsp3) is 0.